The molecule has 7 rings (SSSR count). The largest absolute Gasteiger partial charge is 2.00 e. The predicted octanol–water partition coefficient (Wildman–Crippen LogP) is 11.9. The minimum absolute atomic E-state index is 0. The Hall–Kier alpha value is -4.21. The van der Waals surface area contributed by atoms with Crippen LogP contribution in [-0.2, 0) is 47.6 Å². The van der Waals surface area contributed by atoms with Gasteiger partial charge in [0.2, 0.25) is 0 Å². The van der Waals surface area contributed by atoms with Gasteiger partial charge in [0, 0.05) is 23.2 Å². The third-order valence-corrected chi connectivity index (χ3v) is 10.7. The number of fused-ring (bicyclic) bond motifs is 3. The Bertz CT molecular complexity index is 2350. The van der Waals surface area contributed by atoms with Crippen LogP contribution in [-0.4, -0.2) is 21.0 Å². The third kappa shape index (κ3) is 7.10. The normalized spacial score (nSPS) is 17.4. The molecule has 0 spiro atoms. The van der Waals surface area contributed by atoms with E-state index in [1.54, 1.807) is 0 Å². The number of hydrogen-bond donors (Lipinski definition) is 0. The Morgan fingerprint density at radius 1 is 0.660 bits per heavy atom. The maximum atomic E-state index is 6.70. The summed E-state index contributed by atoms with van der Waals surface area (Å²) in [4.78, 5) is 10.1. The summed E-state index contributed by atoms with van der Waals surface area (Å²) in [5.74, 6) is 2.59. The first-order valence-electron chi connectivity index (χ1n) is 18.3. The third-order valence-electron chi connectivity index (χ3n) is 10.7. The molecule has 0 amide bonds. The fourth-order valence-corrected chi connectivity index (χ4v) is 6.95. The van der Waals surface area contributed by atoms with Crippen molar-refractivity contribution in [2.75, 3.05) is 0 Å². The van der Waals surface area contributed by atoms with E-state index in [0.29, 0.717) is 17.4 Å². The fraction of sp³-hybridized carbons (Fsp3) is 0.362. The molecule has 276 valence electrons. The predicted molar refractivity (Wildman–Crippen MR) is 214 cm³/mol. The first-order valence-corrected chi connectivity index (χ1v) is 18.3. The Labute approximate surface area is 330 Å². The second-order valence-electron chi connectivity index (χ2n) is 18.0. The van der Waals surface area contributed by atoms with Crippen molar-refractivity contribution in [1.82, 2.24) is 9.55 Å². The van der Waals surface area contributed by atoms with Crippen LogP contribution in [0.3, 0.4) is 0 Å². The zero-order chi connectivity index (χ0) is 37.4. The van der Waals surface area contributed by atoms with Gasteiger partial charge in [-0.05, 0) is 77.3 Å². The molecule has 0 saturated heterocycles. The van der Waals surface area contributed by atoms with Crippen molar-refractivity contribution in [3.05, 3.63) is 131 Å². The van der Waals surface area contributed by atoms with Gasteiger partial charge < -0.3 is 14.0 Å². The summed E-state index contributed by atoms with van der Waals surface area (Å²) in [6.45, 7) is 26.4. The van der Waals surface area contributed by atoms with Gasteiger partial charge in [-0.15, -0.1) is 29.1 Å². The topological polar surface area (TPSA) is 48.6 Å². The summed E-state index contributed by atoms with van der Waals surface area (Å²) in [5.41, 5.74) is 6.13. The van der Waals surface area contributed by atoms with Crippen LogP contribution in [0.5, 0.6) is 11.5 Å². The molecule has 6 aromatic rings. The van der Waals surface area contributed by atoms with Gasteiger partial charge in [0.05, 0.1) is 0 Å². The second-order valence-corrected chi connectivity index (χ2v) is 18.0. The van der Waals surface area contributed by atoms with Gasteiger partial charge in [-0.25, -0.2) is 4.98 Å². The SMILES string of the molecule is CC(C)(C)c1cc(Oc2[c-]c3c(cc2)c2cc(C(C)(C)C)ccc2n3-c2cc(C(C)(C)C)ccn2)[c-]c(C2=N[C@](C)(c3ccccc3)C(C)(C)O2)c1.[Pt+2]. The Morgan fingerprint density at radius 2 is 1.32 bits per heavy atom. The molecule has 6 heteroatoms. The number of benzene rings is 4. The average Bonchev–Trinajstić information content (AvgIpc) is 3.53. The van der Waals surface area contributed by atoms with E-state index >= 15 is 0 Å². The summed E-state index contributed by atoms with van der Waals surface area (Å²) in [7, 11) is 0. The van der Waals surface area contributed by atoms with Gasteiger partial charge >= 0.3 is 21.1 Å². The zero-order valence-electron chi connectivity index (χ0n) is 33.1. The van der Waals surface area contributed by atoms with Crippen molar-refractivity contribution in [2.45, 2.75) is 110 Å². The number of rotatable bonds is 5. The Morgan fingerprint density at radius 3 is 1.98 bits per heavy atom. The molecule has 5 nitrogen and oxygen atoms in total. The first-order chi connectivity index (χ1) is 24.2. The van der Waals surface area contributed by atoms with Crippen LogP contribution >= 0.6 is 0 Å². The van der Waals surface area contributed by atoms with E-state index in [9.17, 15) is 0 Å². The van der Waals surface area contributed by atoms with Crippen LogP contribution < -0.4 is 4.74 Å². The molecule has 0 aliphatic carbocycles. The van der Waals surface area contributed by atoms with Crippen LogP contribution in [0, 0.1) is 12.1 Å². The van der Waals surface area contributed by atoms with Crippen molar-refractivity contribution in [3.8, 4) is 17.3 Å². The number of aromatic nitrogens is 2. The average molecular weight is 885 g/mol. The fourth-order valence-electron chi connectivity index (χ4n) is 6.95. The van der Waals surface area contributed by atoms with E-state index in [2.05, 4.69) is 173 Å². The Kier molecular flexibility index (Phi) is 9.64. The number of ether oxygens (including phenoxy) is 2. The summed E-state index contributed by atoms with van der Waals surface area (Å²) < 4.78 is 15.6. The standard InChI is InChI=1S/C47H51N3O2.Pt/c1-43(2,3)32-18-21-39-38(27-32)37-20-19-35(29-40(37)50(39)41-28-33(22-23-48-41)44(4,5)6)51-36-25-30(24-34(26-36)45(7,8)9)42-49-47(12,46(10,11)52-42)31-16-14-13-15-17-31;/h13-24,26-28H,1-12H3;/q-2;+2/t47-;/m1./s1. The summed E-state index contributed by atoms with van der Waals surface area (Å²) in [6, 6.07) is 37.0. The number of hydrogen-bond acceptors (Lipinski definition) is 4. The molecule has 53 heavy (non-hydrogen) atoms. The van der Waals surface area contributed by atoms with Crippen LogP contribution in [0.2, 0.25) is 0 Å². The van der Waals surface area contributed by atoms with Gasteiger partial charge in [-0.3, -0.25) is 4.99 Å². The van der Waals surface area contributed by atoms with Crippen LogP contribution in [0.25, 0.3) is 27.6 Å². The van der Waals surface area contributed by atoms with Gasteiger partial charge in [-0.2, -0.15) is 6.07 Å². The molecular weight excluding hydrogens is 834 g/mol. The summed E-state index contributed by atoms with van der Waals surface area (Å²) in [5, 5.41) is 2.26. The molecule has 0 radical (unpaired) electrons. The molecule has 0 unspecified atom stereocenters. The van der Waals surface area contributed by atoms with Gasteiger partial charge in [0.25, 0.3) is 0 Å². The van der Waals surface area contributed by atoms with E-state index in [0.717, 1.165) is 44.3 Å². The molecule has 0 bridgehead atoms. The number of aliphatic imine (C=N–C) groups is 1. The summed E-state index contributed by atoms with van der Waals surface area (Å²) in [6.07, 6.45) is 1.91. The zero-order valence-corrected chi connectivity index (χ0v) is 35.4. The second kappa shape index (κ2) is 13.3. The molecule has 1 aliphatic rings. The molecule has 0 N–H and O–H groups in total. The number of nitrogens with zero attached hydrogens (tertiary/aromatic N) is 3. The molecule has 2 aromatic heterocycles. The van der Waals surface area contributed by atoms with E-state index in [-0.39, 0.29) is 37.3 Å². The minimum Gasteiger partial charge on any atom is -0.512 e. The van der Waals surface area contributed by atoms with Gasteiger partial charge in [-0.1, -0.05) is 128 Å². The van der Waals surface area contributed by atoms with E-state index in [1.165, 1.54) is 11.1 Å². The monoisotopic (exact) mass is 884 g/mol. The van der Waals surface area contributed by atoms with E-state index in [1.807, 2.05) is 18.3 Å². The van der Waals surface area contributed by atoms with Crippen LogP contribution in [0.15, 0.2) is 96.1 Å². The molecule has 4 aromatic carbocycles. The molecule has 1 aliphatic heterocycles. The molecule has 0 fully saturated rings. The molecule has 3 heterocycles. The van der Waals surface area contributed by atoms with Crippen molar-refractivity contribution < 1.29 is 30.5 Å². The van der Waals surface area contributed by atoms with Gasteiger partial charge in [0.1, 0.15) is 22.9 Å². The van der Waals surface area contributed by atoms with Crippen LogP contribution in [0.4, 0.5) is 0 Å². The van der Waals surface area contributed by atoms with Crippen LogP contribution in [0.1, 0.15) is 111 Å². The van der Waals surface area contributed by atoms with Crippen molar-refractivity contribution in [3.63, 3.8) is 0 Å². The maximum Gasteiger partial charge on any atom is 2.00 e. The van der Waals surface area contributed by atoms with Crippen molar-refractivity contribution in [1.29, 1.82) is 0 Å². The molecular formula is C47H51N3O2Pt. The summed E-state index contributed by atoms with van der Waals surface area (Å²) >= 11 is 0. The molecule has 0 saturated carbocycles. The van der Waals surface area contributed by atoms with E-state index < -0.39 is 11.1 Å². The Balaban J connectivity index is 0.00000481. The van der Waals surface area contributed by atoms with Crippen molar-refractivity contribution in [2.24, 2.45) is 4.99 Å². The molecule has 1 atom stereocenters. The smallest absolute Gasteiger partial charge is 0.512 e. The van der Waals surface area contributed by atoms with Crippen molar-refractivity contribution >= 4 is 27.7 Å². The minimum atomic E-state index is -0.576. The maximum absolute atomic E-state index is 6.70. The van der Waals surface area contributed by atoms with E-state index in [4.69, 9.17) is 19.5 Å². The first kappa shape index (κ1) is 38.5. The quantitative estimate of drug-likeness (QED) is 0.162. The number of pyridine rings is 1. The van der Waals surface area contributed by atoms with Gasteiger partial charge in [0.15, 0.2) is 0 Å².